The predicted octanol–water partition coefficient (Wildman–Crippen LogP) is 2.35. The number of nitrogens with two attached hydrogens (primary N) is 1. The van der Waals surface area contributed by atoms with Crippen molar-refractivity contribution < 1.29 is 4.39 Å². The molecule has 2 nitrogen and oxygen atoms in total. The summed E-state index contributed by atoms with van der Waals surface area (Å²) in [6.45, 7) is 0.310. The third-order valence-electron chi connectivity index (χ3n) is 2.25. The summed E-state index contributed by atoms with van der Waals surface area (Å²) in [6, 6.07) is 10.2. The van der Waals surface area contributed by atoms with Crippen molar-refractivity contribution in [2.75, 3.05) is 0 Å². The van der Waals surface area contributed by atoms with Gasteiger partial charge >= 0.3 is 0 Å². The maximum Gasteiger partial charge on any atom is 0.131 e. The van der Waals surface area contributed by atoms with Gasteiger partial charge in [-0.2, -0.15) is 0 Å². The van der Waals surface area contributed by atoms with E-state index < -0.39 is 0 Å². The molecule has 3 heteroatoms. The molecule has 1 heterocycles. The Labute approximate surface area is 87.6 Å². The van der Waals surface area contributed by atoms with Gasteiger partial charge < -0.3 is 5.73 Å². The number of benzene rings is 1. The quantitative estimate of drug-likeness (QED) is 0.811. The van der Waals surface area contributed by atoms with Gasteiger partial charge in [0.25, 0.3) is 0 Å². The fourth-order valence-corrected chi connectivity index (χ4v) is 1.53. The van der Waals surface area contributed by atoms with E-state index in [0.717, 1.165) is 5.56 Å². The zero-order chi connectivity index (χ0) is 10.7. The lowest BCUT2D eigenvalue weighted by Crippen LogP contribution is -2.02. The molecule has 2 N–H and O–H groups in total. The first kappa shape index (κ1) is 9.80. The minimum Gasteiger partial charge on any atom is -0.325 e. The topological polar surface area (TPSA) is 38.9 Å². The second kappa shape index (κ2) is 4.19. The van der Waals surface area contributed by atoms with Crippen molar-refractivity contribution in [2.24, 2.45) is 5.73 Å². The number of rotatable bonds is 2. The Hall–Kier alpha value is -1.74. The average molecular weight is 202 g/mol. The van der Waals surface area contributed by atoms with E-state index in [-0.39, 0.29) is 5.82 Å². The molecule has 0 aliphatic carbocycles. The third-order valence-corrected chi connectivity index (χ3v) is 2.25. The van der Waals surface area contributed by atoms with Crippen molar-refractivity contribution in [3.05, 3.63) is 54.1 Å². The smallest absolute Gasteiger partial charge is 0.131 e. The van der Waals surface area contributed by atoms with Crippen molar-refractivity contribution >= 4 is 0 Å². The highest BCUT2D eigenvalue weighted by atomic mass is 19.1. The zero-order valence-corrected chi connectivity index (χ0v) is 8.15. The van der Waals surface area contributed by atoms with Crippen LogP contribution in [0.1, 0.15) is 5.69 Å². The van der Waals surface area contributed by atoms with Crippen LogP contribution in [0.2, 0.25) is 0 Å². The molecule has 0 spiro atoms. The molecule has 0 saturated carbocycles. The van der Waals surface area contributed by atoms with Crippen LogP contribution >= 0.6 is 0 Å². The number of nitrogens with zero attached hydrogens (tertiary/aromatic N) is 1. The van der Waals surface area contributed by atoms with E-state index in [9.17, 15) is 4.39 Å². The molecule has 1 aromatic heterocycles. The molecular formula is C12H11FN2. The summed E-state index contributed by atoms with van der Waals surface area (Å²) in [5.74, 6) is -0.250. The van der Waals surface area contributed by atoms with Gasteiger partial charge in [0.15, 0.2) is 0 Å². The molecule has 0 amide bonds. The number of hydrogen-bond acceptors (Lipinski definition) is 2. The summed E-state index contributed by atoms with van der Waals surface area (Å²) in [5.41, 5.74) is 7.57. The van der Waals surface area contributed by atoms with Crippen LogP contribution in [0, 0.1) is 5.82 Å². The first-order chi connectivity index (χ1) is 7.33. The minimum absolute atomic E-state index is 0.250. The maximum absolute atomic E-state index is 13.5. The van der Waals surface area contributed by atoms with E-state index in [2.05, 4.69) is 4.98 Å². The number of aromatic nitrogens is 1. The minimum atomic E-state index is -0.250. The Morgan fingerprint density at radius 3 is 2.53 bits per heavy atom. The van der Waals surface area contributed by atoms with E-state index >= 15 is 0 Å². The van der Waals surface area contributed by atoms with E-state index in [1.807, 2.05) is 6.07 Å². The fraction of sp³-hybridized carbons (Fsp3) is 0.0833. The van der Waals surface area contributed by atoms with Crippen molar-refractivity contribution in [3.63, 3.8) is 0 Å². The van der Waals surface area contributed by atoms with Crippen LogP contribution in [0.25, 0.3) is 11.1 Å². The van der Waals surface area contributed by atoms with Gasteiger partial charge in [0.1, 0.15) is 5.82 Å². The maximum atomic E-state index is 13.5. The number of halogens is 1. The standard InChI is InChI=1S/C12H11FN2/c13-11-6-2-1-4-9(11)10-5-3-7-15-12(10)8-14/h1-7H,8,14H2. The van der Waals surface area contributed by atoms with Gasteiger partial charge in [0.05, 0.1) is 5.69 Å². The summed E-state index contributed by atoms with van der Waals surface area (Å²) in [7, 11) is 0. The predicted molar refractivity (Wildman–Crippen MR) is 57.5 cm³/mol. The monoisotopic (exact) mass is 202 g/mol. The van der Waals surface area contributed by atoms with Crippen LogP contribution < -0.4 is 5.73 Å². The number of pyridine rings is 1. The summed E-state index contributed by atoms with van der Waals surface area (Å²) in [5, 5.41) is 0. The Morgan fingerprint density at radius 2 is 1.80 bits per heavy atom. The van der Waals surface area contributed by atoms with Crippen LogP contribution in [-0.4, -0.2) is 4.98 Å². The molecule has 0 saturated heterocycles. The van der Waals surface area contributed by atoms with Crippen molar-refractivity contribution in [1.29, 1.82) is 0 Å². The summed E-state index contributed by atoms with van der Waals surface area (Å²) >= 11 is 0. The molecule has 0 unspecified atom stereocenters. The largest absolute Gasteiger partial charge is 0.325 e. The van der Waals surface area contributed by atoms with Gasteiger partial charge in [-0.05, 0) is 12.1 Å². The van der Waals surface area contributed by atoms with Gasteiger partial charge in [0.2, 0.25) is 0 Å². The van der Waals surface area contributed by atoms with Gasteiger partial charge in [0, 0.05) is 23.9 Å². The highest BCUT2D eigenvalue weighted by Crippen LogP contribution is 2.24. The Bertz CT molecular complexity index is 469. The van der Waals surface area contributed by atoms with E-state index in [0.29, 0.717) is 17.8 Å². The molecule has 15 heavy (non-hydrogen) atoms. The van der Waals surface area contributed by atoms with Crippen LogP contribution in [0.4, 0.5) is 4.39 Å². The van der Waals surface area contributed by atoms with Gasteiger partial charge in [-0.25, -0.2) is 4.39 Å². The van der Waals surface area contributed by atoms with Crippen molar-refractivity contribution in [2.45, 2.75) is 6.54 Å². The second-order valence-corrected chi connectivity index (χ2v) is 3.18. The molecule has 2 aromatic rings. The molecule has 0 fully saturated rings. The SMILES string of the molecule is NCc1ncccc1-c1ccccc1F. The van der Waals surface area contributed by atoms with E-state index in [1.54, 1.807) is 30.5 Å². The zero-order valence-electron chi connectivity index (χ0n) is 8.15. The highest BCUT2D eigenvalue weighted by molar-refractivity contribution is 5.66. The van der Waals surface area contributed by atoms with Gasteiger partial charge in [-0.1, -0.05) is 24.3 Å². The van der Waals surface area contributed by atoms with Crippen LogP contribution in [0.5, 0.6) is 0 Å². The first-order valence-corrected chi connectivity index (χ1v) is 4.72. The number of hydrogen-bond donors (Lipinski definition) is 1. The van der Waals surface area contributed by atoms with Crippen molar-refractivity contribution in [1.82, 2.24) is 4.98 Å². The molecule has 2 rings (SSSR count). The van der Waals surface area contributed by atoms with Gasteiger partial charge in [-0.3, -0.25) is 4.98 Å². The van der Waals surface area contributed by atoms with Crippen LogP contribution in [-0.2, 0) is 6.54 Å². The van der Waals surface area contributed by atoms with Crippen molar-refractivity contribution in [3.8, 4) is 11.1 Å². The molecule has 0 aliphatic heterocycles. The van der Waals surface area contributed by atoms with E-state index in [4.69, 9.17) is 5.73 Å². The van der Waals surface area contributed by atoms with Crippen LogP contribution in [0.15, 0.2) is 42.6 Å². The highest BCUT2D eigenvalue weighted by Gasteiger charge is 2.08. The van der Waals surface area contributed by atoms with E-state index in [1.165, 1.54) is 6.07 Å². The lowest BCUT2D eigenvalue weighted by molar-refractivity contribution is 0.631. The molecule has 0 atom stereocenters. The summed E-state index contributed by atoms with van der Waals surface area (Å²) in [4.78, 5) is 4.12. The molecular weight excluding hydrogens is 191 g/mol. The normalized spacial score (nSPS) is 10.3. The molecule has 76 valence electrons. The second-order valence-electron chi connectivity index (χ2n) is 3.18. The third kappa shape index (κ3) is 1.87. The van der Waals surface area contributed by atoms with Gasteiger partial charge in [-0.15, -0.1) is 0 Å². The Morgan fingerprint density at radius 1 is 1.07 bits per heavy atom. The Balaban J connectivity index is 2.59. The fourth-order valence-electron chi connectivity index (χ4n) is 1.53. The Kier molecular flexibility index (Phi) is 2.74. The summed E-state index contributed by atoms with van der Waals surface area (Å²) < 4.78 is 13.5. The molecule has 0 aliphatic rings. The first-order valence-electron chi connectivity index (χ1n) is 4.72. The lowest BCUT2D eigenvalue weighted by atomic mass is 10.0. The molecule has 0 radical (unpaired) electrons. The average Bonchev–Trinajstić information content (AvgIpc) is 2.30. The summed E-state index contributed by atoms with van der Waals surface area (Å²) in [6.07, 6.45) is 1.66. The van der Waals surface area contributed by atoms with Crippen LogP contribution in [0.3, 0.4) is 0 Å². The molecule has 1 aromatic carbocycles. The molecule has 0 bridgehead atoms. The lowest BCUT2D eigenvalue weighted by Gasteiger charge is -2.07.